The maximum atomic E-state index is 2.47. The molecule has 0 bridgehead atoms. The molecule has 0 heteroatoms. The zero-order valence-electron chi connectivity index (χ0n) is 7.84. The maximum Gasteiger partial charge on any atom is -0.0352 e. The number of hydrogen-bond acceptors (Lipinski definition) is 0. The summed E-state index contributed by atoms with van der Waals surface area (Å²) in [5, 5.41) is 0. The van der Waals surface area contributed by atoms with E-state index in [0.29, 0.717) is 0 Å². The zero-order valence-corrected chi connectivity index (χ0v) is 7.84. The predicted molar refractivity (Wildman–Crippen MR) is 48.4 cm³/mol. The largest absolute Gasteiger partial charge is 0.0651 e. The molecule has 0 heterocycles. The van der Waals surface area contributed by atoms with Crippen molar-refractivity contribution in [3.05, 3.63) is 0 Å². The molecule has 0 radical (unpaired) electrons. The second kappa shape index (κ2) is 2.80. The molecule has 2 aliphatic carbocycles. The summed E-state index contributed by atoms with van der Waals surface area (Å²) in [6, 6.07) is 0. The van der Waals surface area contributed by atoms with Crippen molar-refractivity contribution in [1.82, 2.24) is 0 Å². The Morgan fingerprint density at radius 1 is 1.27 bits per heavy atom. The molecule has 4 atom stereocenters. The highest BCUT2D eigenvalue weighted by atomic mass is 14.5. The van der Waals surface area contributed by atoms with E-state index in [1.165, 1.54) is 19.3 Å². The van der Waals surface area contributed by atoms with Crippen molar-refractivity contribution in [3.8, 4) is 0 Å². The van der Waals surface area contributed by atoms with Crippen LogP contribution in [0.15, 0.2) is 0 Å². The van der Waals surface area contributed by atoms with Crippen LogP contribution in [0.3, 0.4) is 0 Å². The van der Waals surface area contributed by atoms with Crippen LogP contribution in [0.25, 0.3) is 0 Å². The van der Waals surface area contributed by atoms with E-state index < -0.39 is 0 Å². The van der Waals surface area contributed by atoms with Crippen LogP contribution in [0.2, 0.25) is 0 Å². The van der Waals surface area contributed by atoms with Crippen LogP contribution in [0, 0.1) is 23.7 Å². The van der Waals surface area contributed by atoms with E-state index in [0.717, 1.165) is 23.7 Å². The second-order valence-corrected chi connectivity index (χ2v) is 4.64. The molecule has 0 aliphatic heterocycles. The van der Waals surface area contributed by atoms with Crippen LogP contribution >= 0.6 is 0 Å². The summed E-state index contributed by atoms with van der Waals surface area (Å²) < 4.78 is 0. The lowest BCUT2D eigenvalue weighted by molar-refractivity contribution is 0.299. The number of fused-ring (bicyclic) bond motifs is 1. The first kappa shape index (κ1) is 7.64. The molecule has 64 valence electrons. The summed E-state index contributed by atoms with van der Waals surface area (Å²) in [7, 11) is 0. The summed E-state index contributed by atoms with van der Waals surface area (Å²) in [6.45, 7) is 4.84. The summed E-state index contributed by atoms with van der Waals surface area (Å²) >= 11 is 0. The molecule has 0 spiro atoms. The molecule has 0 aromatic carbocycles. The zero-order chi connectivity index (χ0) is 7.84. The molecule has 0 saturated heterocycles. The van der Waals surface area contributed by atoms with Crippen molar-refractivity contribution in [1.29, 1.82) is 0 Å². The van der Waals surface area contributed by atoms with Crippen LogP contribution in [-0.4, -0.2) is 0 Å². The van der Waals surface area contributed by atoms with E-state index in [9.17, 15) is 0 Å². The van der Waals surface area contributed by atoms with Gasteiger partial charge in [-0.2, -0.15) is 0 Å². The van der Waals surface area contributed by atoms with Gasteiger partial charge in [0.1, 0.15) is 0 Å². The Kier molecular flexibility index (Phi) is 1.95. The number of rotatable bonds is 1. The standard InChI is InChI=1S/C11H20/c1-3-10-8(2)5-4-6-9-7-11(9)10/h8-11H,3-7H2,1-2H3. The molecule has 0 N–H and O–H groups in total. The fraction of sp³-hybridized carbons (Fsp3) is 1.00. The summed E-state index contributed by atoms with van der Waals surface area (Å²) in [6.07, 6.45) is 7.57. The van der Waals surface area contributed by atoms with Gasteiger partial charge in [0.05, 0.1) is 0 Å². The molecule has 0 aromatic rings. The highest BCUT2D eigenvalue weighted by Gasteiger charge is 2.44. The lowest BCUT2D eigenvalue weighted by Crippen LogP contribution is -2.11. The average molecular weight is 152 g/mol. The lowest BCUT2D eigenvalue weighted by Gasteiger charge is -2.20. The van der Waals surface area contributed by atoms with Gasteiger partial charge in [-0.1, -0.05) is 39.5 Å². The van der Waals surface area contributed by atoms with E-state index in [4.69, 9.17) is 0 Å². The third-order valence-electron chi connectivity index (χ3n) is 3.96. The Bertz CT molecular complexity index is 137. The fourth-order valence-electron chi connectivity index (χ4n) is 3.17. The first-order chi connectivity index (χ1) is 5.33. The van der Waals surface area contributed by atoms with E-state index in [1.807, 2.05) is 0 Å². The molecule has 11 heavy (non-hydrogen) atoms. The van der Waals surface area contributed by atoms with Gasteiger partial charge < -0.3 is 0 Å². The molecule has 0 nitrogen and oxygen atoms in total. The molecule has 4 unspecified atom stereocenters. The van der Waals surface area contributed by atoms with E-state index in [1.54, 1.807) is 12.8 Å². The normalized spacial score (nSPS) is 49.6. The van der Waals surface area contributed by atoms with Gasteiger partial charge in [0, 0.05) is 0 Å². The van der Waals surface area contributed by atoms with Gasteiger partial charge in [-0.05, 0) is 30.1 Å². The maximum absolute atomic E-state index is 2.47. The van der Waals surface area contributed by atoms with Crippen LogP contribution in [-0.2, 0) is 0 Å². The van der Waals surface area contributed by atoms with Crippen molar-refractivity contribution in [3.63, 3.8) is 0 Å². The van der Waals surface area contributed by atoms with E-state index >= 15 is 0 Å². The smallest absolute Gasteiger partial charge is 0.0352 e. The topological polar surface area (TPSA) is 0 Å². The molecular weight excluding hydrogens is 132 g/mol. The highest BCUT2D eigenvalue weighted by molar-refractivity contribution is 4.94. The van der Waals surface area contributed by atoms with Gasteiger partial charge in [-0.15, -0.1) is 0 Å². The molecule has 2 rings (SSSR count). The Labute approximate surface area is 70.4 Å². The van der Waals surface area contributed by atoms with Gasteiger partial charge in [0.2, 0.25) is 0 Å². The van der Waals surface area contributed by atoms with Gasteiger partial charge in [0.15, 0.2) is 0 Å². The lowest BCUT2D eigenvalue weighted by atomic mass is 9.86. The van der Waals surface area contributed by atoms with Crippen molar-refractivity contribution < 1.29 is 0 Å². The summed E-state index contributed by atoms with van der Waals surface area (Å²) in [4.78, 5) is 0. The van der Waals surface area contributed by atoms with Gasteiger partial charge in [-0.25, -0.2) is 0 Å². The molecule has 0 amide bonds. The fourth-order valence-corrected chi connectivity index (χ4v) is 3.17. The second-order valence-electron chi connectivity index (χ2n) is 4.64. The Balaban J connectivity index is 2.01. The Morgan fingerprint density at radius 3 is 2.82 bits per heavy atom. The van der Waals surface area contributed by atoms with Crippen LogP contribution in [0.5, 0.6) is 0 Å². The highest BCUT2D eigenvalue weighted by Crippen LogP contribution is 2.53. The van der Waals surface area contributed by atoms with Gasteiger partial charge in [-0.3, -0.25) is 0 Å². The molecular formula is C11H20. The van der Waals surface area contributed by atoms with Gasteiger partial charge in [0.25, 0.3) is 0 Å². The first-order valence-corrected chi connectivity index (χ1v) is 5.33. The Hall–Kier alpha value is 0. The third-order valence-corrected chi connectivity index (χ3v) is 3.96. The van der Waals surface area contributed by atoms with Crippen LogP contribution in [0.1, 0.15) is 46.0 Å². The predicted octanol–water partition coefficient (Wildman–Crippen LogP) is 3.47. The minimum atomic E-state index is 1.03. The van der Waals surface area contributed by atoms with E-state index in [2.05, 4.69) is 13.8 Å². The monoisotopic (exact) mass is 152 g/mol. The van der Waals surface area contributed by atoms with Crippen LogP contribution < -0.4 is 0 Å². The van der Waals surface area contributed by atoms with Crippen molar-refractivity contribution in [2.45, 2.75) is 46.0 Å². The quantitative estimate of drug-likeness (QED) is 0.539. The summed E-state index contributed by atoms with van der Waals surface area (Å²) in [5.74, 6) is 4.42. The minimum Gasteiger partial charge on any atom is -0.0651 e. The molecule has 2 saturated carbocycles. The molecule has 2 fully saturated rings. The SMILES string of the molecule is CCC1C(C)CCCC2CC21. The number of hydrogen-bond donors (Lipinski definition) is 0. The third kappa shape index (κ3) is 1.32. The van der Waals surface area contributed by atoms with Crippen molar-refractivity contribution in [2.75, 3.05) is 0 Å². The summed E-state index contributed by atoms with van der Waals surface area (Å²) in [5.41, 5.74) is 0. The first-order valence-electron chi connectivity index (χ1n) is 5.33. The van der Waals surface area contributed by atoms with E-state index in [-0.39, 0.29) is 0 Å². The average Bonchev–Trinajstić information content (AvgIpc) is 2.68. The molecule has 0 aromatic heterocycles. The Morgan fingerprint density at radius 2 is 2.09 bits per heavy atom. The van der Waals surface area contributed by atoms with Crippen molar-refractivity contribution in [2.24, 2.45) is 23.7 Å². The molecule has 2 aliphatic rings. The van der Waals surface area contributed by atoms with Gasteiger partial charge >= 0.3 is 0 Å². The van der Waals surface area contributed by atoms with Crippen LogP contribution in [0.4, 0.5) is 0 Å². The minimum absolute atomic E-state index is 1.03. The van der Waals surface area contributed by atoms with Crippen molar-refractivity contribution >= 4 is 0 Å².